The number of fused-ring (bicyclic) bond motifs is 1. The Kier molecular flexibility index (Phi) is 4.73. The largest absolute Gasteiger partial charge is 0.366 e. The molecule has 1 amide bonds. The van der Waals surface area contributed by atoms with Crippen LogP contribution < -0.4 is 16.4 Å². The third-order valence-electron chi connectivity index (χ3n) is 3.90. The molecule has 0 bridgehead atoms. The fourth-order valence-electron chi connectivity index (χ4n) is 2.54. The second-order valence-electron chi connectivity index (χ2n) is 5.89. The third-order valence-corrected chi connectivity index (χ3v) is 4.14. The molecule has 0 radical (unpaired) electrons. The lowest BCUT2D eigenvalue weighted by Gasteiger charge is -2.07. The summed E-state index contributed by atoms with van der Waals surface area (Å²) in [5, 5.41) is 19.7. The minimum Gasteiger partial charge on any atom is -0.366 e. The van der Waals surface area contributed by atoms with E-state index < -0.39 is 5.91 Å². The second-order valence-corrected chi connectivity index (χ2v) is 6.33. The van der Waals surface area contributed by atoms with Gasteiger partial charge in [-0.1, -0.05) is 17.7 Å². The van der Waals surface area contributed by atoms with E-state index in [1.165, 1.54) is 6.20 Å². The SMILES string of the molecule is NC(=O)c1ccc(NCc2nnc3ccc(Nc4cccc(Cl)c4)nn23)nc1. The van der Waals surface area contributed by atoms with Gasteiger partial charge in [-0.2, -0.15) is 4.52 Å². The van der Waals surface area contributed by atoms with Crippen LogP contribution in [0.5, 0.6) is 0 Å². The molecule has 9 nitrogen and oxygen atoms in total. The molecule has 0 unspecified atom stereocenters. The van der Waals surface area contributed by atoms with Gasteiger partial charge in [-0.3, -0.25) is 4.79 Å². The second kappa shape index (κ2) is 7.49. The Morgan fingerprint density at radius 1 is 1.11 bits per heavy atom. The molecular weight excluding hydrogens is 380 g/mol. The first-order valence-corrected chi connectivity index (χ1v) is 8.70. The van der Waals surface area contributed by atoms with E-state index in [0.29, 0.717) is 40.2 Å². The van der Waals surface area contributed by atoms with Crippen LogP contribution in [0.1, 0.15) is 16.2 Å². The van der Waals surface area contributed by atoms with Crippen LogP contribution >= 0.6 is 11.6 Å². The maximum Gasteiger partial charge on any atom is 0.250 e. The molecule has 4 rings (SSSR count). The summed E-state index contributed by atoms with van der Waals surface area (Å²) < 4.78 is 1.64. The van der Waals surface area contributed by atoms with Gasteiger partial charge in [0.05, 0.1) is 12.1 Å². The predicted molar refractivity (Wildman–Crippen MR) is 106 cm³/mol. The number of anilines is 3. The summed E-state index contributed by atoms with van der Waals surface area (Å²) in [5.41, 5.74) is 7.00. The lowest BCUT2D eigenvalue weighted by Crippen LogP contribution is -2.12. The number of halogens is 1. The van der Waals surface area contributed by atoms with Crippen molar-refractivity contribution in [2.75, 3.05) is 10.6 Å². The summed E-state index contributed by atoms with van der Waals surface area (Å²) in [6, 6.07) is 14.3. The average Bonchev–Trinajstić information content (AvgIpc) is 3.09. The lowest BCUT2D eigenvalue weighted by molar-refractivity contribution is 0.1000. The van der Waals surface area contributed by atoms with Gasteiger partial charge in [0.1, 0.15) is 5.82 Å². The van der Waals surface area contributed by atoms with Crippen molar-refractivity contribution in [3.8, 4) is 0 Å². The van der Waals surface area contributed by atoms with Gasteiger partial charge in [0, 0.05) is 16.9 Å². The highest BCUT2D eigenvalue weighted by Crippen LogP contribution is 2.19. The van der Waals surface area contributed by atoms with Gasteiger partial charge in [0.25, 0.3) is 0 Å². The van der Waals surface area contributed by atoms with Gasteiger partial charge < -0.3 is 16.4 Å². The van der Waals surface area contributed by atoms with E-state index >= 15 is 0 Å². The smallest absolute Gasteiger partial charge is 0.250 e. The van der Waals surface area contributed by atoms with Crippen molar-refractivity contribution in [3.05, 3.63) is 71.1 Å². The van der Waals surface area contributed by atoms with Crippen LogP contribution in [0.15, 0.2) is 54.7 Å². The minimum absolute atomic E-state index is 0.344. The number of aromatic nitrogens is 5. The van der Waals surface area contributed by atoms with E-state index in [1.807, 2.05) is 30.3 Å². The van der Waals surface area contributed by atoms with Crippen molar-refractivity contribution in [2.45, 2.75) is 6.54 Å². The number of carbonyl (C=O) groups excluding carboxylic acids is 1. The Morgan fingerprint density at radius 2 is 1.96 bits per heavy atom. The Morgan fingerprint density at radius 3 is 2.71 bits per heavy atom. The summed E-state index contributed by atoms with van der Waals surface area (Å²) in [6.07, 6.45) is 1.41. The number of benzene rings is 1. The van der Waals surface area contributed by atoms with Crippen molar-refractivity contribution in [1.82, 2.24) is 24.8 Å². The van der Waals surface area contributed by atoms with Crippen molar-refractivity contribution in [3.63, 3.8) is 0 Å². The van der Waals surface area contributed by atoms with Crippen LogP contribution in [0.2, 0.25) is 5.02 Å². The number of nitrogens with two attached hydrogens (primary N) is 1. The number of pyridine rings is 1. The van der Waals surface area contributed by atoms with Crippen LogP contribution in [0.4, 0.5) is 17.3 Å². The fraction of sp³-hybridized carbons (Fsp3) is 0.0556. The van der Waals surface area contributed by atoms with Gasteiger partial charge >= 0.3 is 0 Å². The molecule has 4 N–H and O–H groups in total. The van der Waals surface area contributed by atoms with Crippen LogP contribution in [0, 0.1) is 0 Å². The molecule has 28 heavy (non-hydrogen) atoms. The maximum absolute atomic E-state index is 11.1. The molecule has 0 atom stereocenters. The molecule has 0 saturated carbocycles. The third kappa shape index (κ3) is 3.84. The molecule has 3 aromatic heterocycles. The normalized spacial score (nSPS) is 10.8. The van der Waals surface area contributed by atoms with E-state index in [2.05, 4.69) is 30.9 Å². The zero-order chi connectivity index (χ0) is 19.5. The zero-order valence-electron chi connectivity index (χ0n) is 14.5. The van der Waals surface area contributed by atoms with Gasteiger partial charge in [-0.25, -0.2) is 4.98 Å². The van der Waals surface area contributed by atoms with Gasteiger partial charge in [-0.05, 0) is 42.5 Å². The number of amides is 1. The van der Waals surface area contributed by atoms with Crippen molar-refractivity contribution < 1.29 is 4.79 Å². The molecule has 0 aliphatic carbocycles. The lowest BCUT2D eigenvalue weighted by atomic mass is 10.3. The number of primary amides is 1. The number of hydrogen-bond donors (Lipinski definition) is 3. The highest BCUT2D eigenvalue weighted by molar-refractivity contribution is 6.30. The van der Waals surface area contributed by atoms with Crippen molar-refractivity contribution in [2.24, 2.45) is 5.73 Å². The van der Waals surface area contributed by atoms with E-state index in [-0.39, 0.29) is 0 Å². The number of hydrogen-bond acceptors (Lipinski definition) is 7. The van der Waals surface area contributed by atoms with Crippen molar-refractivity contribution in [1.29, 1.82) is 0 Å². The predicted octanol–water partition coefficient (Wildman–Crippen LogP) is 2.63. The topological polar surface area (TPSA) is 123 Å². The van der Waals surface area contributed by atoms with E-state index in [4.69, 9.17) is 17.3 Å². The van der Waals surface area contributed by atoms with E-state index in [9.17, 15) is 4.79 Å². The molecule has 3 heterocycles. The number of nitrogens with one attached hydrogen (secondary N) is 2. The molecule has 0 saturated heterocycles. The van der Waals surface area contributed by atoms with Crippen LogP contribution in [0.25, 0.3) is 5.65 Å². The fourth-order valence-corrected chi connectivity index (χ4v) is 2.73. The molecule has 0 spiro atoms. The Bertz CT molecular complexity index is 1140. The Hall–Kier alpha value is -3.72. The highest BCUT2D eigenvalue weighted by atomic mass is 35.5. The highest BCUT2D eigenvalue weighted by Gasteiger charge is 2.09. The minimum atomic E-state index is -0.522. The summed E-state index contributed by atoms with van der Waals surface area (Å²) in [6.45, 7) is 0.345. The maximum atomic E-state index is 11.1. The molecule has 0 fully saturated rings. The Labute approximate surface area is 164 Å². The molecule has 10 heteroatoms. The summed E-state index contributed by atoms with van der Waals surface area (Å²) in [5.74, 6) is 1.28. The van der Waals surface area contributed by atoms with Gasteiger partial charge in [0.2, 0.25) is 5.91 Å². The summed E-state index contributed by atoms with van der Waals surface area (Å²) in [7, 11) is 0. The quantitative estimate of drug-likeness (QED) is 0.459. The number of rotatable bonds is 6. The molecule has 0 aliphatic rings. The van der Waals surface area contributed by atoms with Gasteiger partial charge in [-0.15, -0.1) is 15.3 Å². The molecule has 4 aromatic rings. The standard InChI is InChI=1S/C18H15ClN8O/c19-12-2-1-3-13(8-12)23-15-6-7-16-24-25-17(27(16)26-15)10-22-14-5-4-11(9-21-14)18(20)28/h1-9H,10H2,(H2,20,28)(H,21,22)(H,23,26). The molecule has 1 aromatic carbocycles. The molecule has 0 aliphatic heterocycles. The summed E-state index contributed by atoms with van der Waals surface area (Å²) >= 11 is 6.01. The van der Waals surface area contributed by atoms with Crippen LogP contribution in [0.3, 0.4) is 0 Å². The first-order chi connectivity index (χ1) is 13.6. The van der Waals surface area contributed by atoms with E-state index in [0.717, 1.165) is 5.69 Å². The molecule has 140 valence electrons. The first kappa shape index (κ1) is 17.7. The average molecular weight is 395 g/mol. The van der Waals surface area contributed by atoms with Crippen molar-refractivity contribution >= 4 is 40.5 Å². The van der Waals surface area contributed by atoms with E-state index in [1.54, 1.807) is 22.7 Å². The van der Waals surface area contributed by atoms with Crippen LogP contribution in [-0.2, 0) is 6.54 Å². The number of carbonyl (C=O) groups is 1. The van der Waals surface area contributed by atoms with Crippen LogP contribution in [-0.4, -0.2) is 30.7 Å². The van der Waals surface area contributed by atoms with Gasteiger partial charge in [0.15, 0.2) is 17.3 Å². The molecular formula is C18H15ClN8O. The zero-order valence-corrected chi connectivity index (χ0v) is 15.3. The number of nitrogens with zero attached hydrogens (tertiary/aromatic N) is 5. The Balaban J connectivity index is 1.52. The first-order valence-electron chi connectivity index (χ1n) is 8.32. The monoisotopic (exact) mass is 394 g/mol. The summed E-state index contributed by atoms with van der Waals surface area (Å²) in [4.78, 5) is 15.2.